The average molecular weight is 535 g/mol. The van der Waals surface area contributed by atoms with Gasteiger partial charge in [0.05, 0.1) is 30.0 Å². The van der Waals surface area contributed by atoms with Crippen molar-refractivity contribution in [2.24, 2.45) is 11.7 Å². The van der Waals surface area contributed by atoms with E-state index in [0.717, 1.165) is 11.1 Å². The minimum Gasteiger partial charge on any atom is -0.328 e. The first-order chi connectivity index (χ1) is 18.2. The summed E-state index contributed by atoms with van der Waals surface area (Å²) in [6.07, 6.45) is -1.45. The molecular formula is C30H32ClFN4O2. The summed E-state index contributed by atoms with van der Waals surface area (Å²) in [6.45, 7) is 5.56. The first kappa shape index (κ1) is 27.5. The molecule has 0 aliphatic heterocycles. The number of fused-ring (bicyclic) bond motifs is 1. The number of hydrogen-bond acceptors (Lipinski definition) is 4. The van der Waals surface area contributed by atoms with Gasteiger partial charge in [0.2, 0.25) is 0 Å². The van der Waals surface area contributed by atoms with E-state index in [4.69, 9.17) is 22.3 Å². The second kappa shape index (κ2) is 11.9. The first-order valence-corrected chi connectivity index (χ1v) is 13.0. The summed E-state index contributed by atoms with van der Waals surface area (Å²) in [5, 5.41) is 0.857. The van der Waals surface area contributed by atoms with Crippen molar-refractivity contribution in [1.82, 2.24) is 14.5 Å². The van der Waals surface area contributed by atoms with E-state index in [9.17, 15) is 14.0 Å². The fourth-order valence-electron chi connectivity index (χ4n) is 4.63. The van der Waals surface area contributed by atoms with Gasteiger partial charge in [-0.2, -0.15) is 0 Å². The van der Waals surface area contributed by atoms with E-state index in [-0.39, 0.29) is 37.0 Å². The van der Waals surface area contributed by atoms with Gasteiger partial charge in [0.15, 0.2) is 0 Å². The molecule has 198 valence electrons. The molecule has 0 saturated carbocycles. The topological polar surface area (TPSA) is 81.2 Å². The van der Waals surface area contributed by atoms with E-state index < -0.39 is 12.2 Å². The number of amides is 1. The van der Waals surface area contributed by atoms with Gasteiger partial charge >= 0.3 is 0 Å². The van der Waals surface area contributed by atoms with Crippen LogP contribution in [0.4, 0.5) is 4.39 Å². The van der Waals surface area contributed by atoms with E-state index in [2.05, 4.69) is 0 Å². The molecular weight excluding hydrogens is 503 g/mol. The van der Waals surface area contributed by atoms with Gasteiger partial charge in [-0.25, -0.2) is 9.37 Å². The standard InChI is InChI=1S/C30H32ClFN4O2/c1-19(2)27(35(18-24(32)16-33)29(37)22-11-9-20(3)10-12-22)28-34-26-15-23(31)13-14-25(26)30(38)36(28)17-21-7-5-4-6-8-21/h4-15,19,24,27H,16-18,33H2,1-3H3/t24-,27-/m1/s1. The number of nitrogens with zero attached hydrogens (tertiary/aromatic N) is 3. The van der Waals surface area contributed by atoms with E-state index in [1.54, 1.807) is 34.9 Å². The summed E-state index contributed by atoms with van der Waals surface area (Å²) in [4.78, 5) is 34.1. The maximum Gasteiger partial charge on any atom is 0.261 e. The Hall–Kier alpha value is -3.55. The van der Waals surface area contributed by atoms with E-state index in [1.165, 1.54) is 4.90 Å². The van der Waals surface area contributed by atoms with Gasteiger partial charge in [-0.15, -0.1) is 0 Å². The lowest BCUT2D eigenvalue weighted by atomic mass is 9.98. The number of aryl methyl sites for hydroxylation is 1. The SMILES string of the molecule is Cc1ccc(C(=O)N(C[C@H](F)CN)[C@@H](c2nc3cc(Cl)ccc3c(=O)n2Cc2ccccc2)C(C)C)cc1. The zero-order chi connectivity index (χ0) is 27.4. The number of carbonyl (C=O) groups is 1. The molecule has 0 bridgehead atoms. The number of halogens is 2. The minimum atomic E-state index is -1.45. The zero-order valence-electron chi connectivity index (χ0n) is 21.8. The Morgan fingerprint density at radius 1 is 1.08 bits per heavy atom. The van der Waals surface area contributed by atoms with Crippen LogP contribution in [-0.2, 0) is 6.54 Å². The molecule has 4 rings (SSSR count). The maximum atomic E-state index is 14.9. The third-order valence-electron chi connectivity index (χ3n) is 6.57. The first-order valence-electron chi connectivity index (χ1n) is 12.6. The Balaban J connectivity index is 1.95. The van der Waals surface area contributed by atoms with Crippen molar-refractivity contribution < 1.29 is 9.18 Å². The van der Waals surface area contributed by atoms with Crippen molar-refractivity contribution in [3.8, 4) is 0 Å². The van der Waals surface area contributed by atoms with Crippen molar-refractivity contribution in [3.63, 3.8) is 0 Å². The monoisotopic (exact) mass is 534 g/mol. The van der Waals surface area contributed by atoms with E-state index in [1.807, 2.05) is 63.2 Å². The Kier molecular flexibility index (Phi) is 8.59. The van der Waals surface area contributed by atoms with Gasteiger partial charge < -0.3 is 10.6 Å². The number of carbonyl (C=O) groups excluding carboxylic acids is 1. The van der Waals surface area contributed by atoms with Crippen LogP contribution in [-0.4, -0.2) is 39.6 Å². The fraction of sp³-hybridized carbons (Fsp3) is 0.300. The number of aromatic nitrogens is 2. The molecule has 4 aromatic rings. The lowest BCUT2D eigenvalue weighted by Crippen LogP contribution is -2.45. The summed E-state index contributed by atoms with van der Waals surface area (Å²) in [5.41, 5.74) is 8.13. The lowest BCUT2D eigenvalue weighted by molar-refractivity contribution is 0.0534. The van der Waals surface area contributed by atoms with Crippen molar-refractivity contribution in [2.75, 3.05) is 13.1 Å². The second-order valence-electron chi connectivity index (χ2n) is 9.85. The van der Waals surface area contributed by atoms with Crippen LogP contribution in [0.15, 0.2) is 77.6 Å². The smallest absolute Gasteiger partial charge is 0.261 e. The zero-order valence-corrected chi connectivity index (χ0v) is 22.5. The lowest BCUT2D eigenvalue weighted by Gasteiger charge is -2.36. The number of benzene rings is 3. The maximum absolute atomic E-state index is 14.9. The highest BCUT2D eigenvalue weighted by Gasteiger charge is 2.34. The number of hydrogen-bond donors (Lipinski definition) is 1. The van der Waals surface area contributed by atoms with Gasteiger partial charge in [0, 0.05) is 17.1 Å². The highest BCUT2D eigenvalue weighted by atomic mass is 35.5. The van der Waals surface area contributed by atoms with Crippen LogP contribution in [0.5, 0.6) is 0 Å². The molecule has 2 atom stereocenters. The fourth-order valence-corrected chi connectivity index (χ4v) is 4.79. The van der Waals surface area contributed by atoms with Gasteiger partial charge in [-0.3, -0.25) is 14.2 Å². The number of alkyl halides is 1. The molecule has 0 unspecified atom stereocenters. The molecule has 0 fully saturated rings. The van der Waals surface area contributed by atoms with Gasteiger partial charge in [-0.05, 0) is 48.7 Å². The predicted octanol–water partition coefficient (Wildman–Crippen LogP) is 5.54. The molecule has 6 nitrogen and oxygen atoms in total. The Morgan fingerprint density at radius 2 is 1.76 bits per heavy atom. The van der Waals surface area contributed by atoms with Crippen molar-refractivity contribution in [2.45, 2.75) is 39.5 Å². The highest BCUT2D eigenvalue weighted by Crippen LogP contribution is 2.31. The summed E-state index contributed by atoms with van der Waals surface area (Å²) in [6, 6.07) is 20.9. The largest absolute Gasteiger partial charge is 0.328 e. The molecule has 8 heteroatoms. The van der Waals surface area contributed by atoms with E-state index in [0.29, 0.717) is 27.3 Å². The van der Waals surface area contributed by atoms with Crippen LogP contribution in [0.1, 0.15) is 47.2 Å². The van der Waals surface area contributed by atoms with E-state index >= 15 is 0 Å². The number of rotatable bonds is 9. The Labute approximate surface area is 226 Å². The molecule has 1 heterocycles. The Bertz CT molecular complexity index is 1470. The number of nitrogens with two attached hydrogens (primary N) is 1. The quantitative estimate of drug-likeness (QED) is 0.305. The van der Waals surface area contributed by atoms with Crippen molar-refractivity contribution in [1.29, 1.82) is 0 Å². The van der Waals surface area contributed by atoms with Crippen LogP contribution in [0.2, 0.25) is 5.02 Å². The van der Waals surface area contributed by atoms with Gasteiger partial charge in [0.25, 0.3) is 11.5 Å². The molecule has 0 aliphatic rings. The highest BCUT2D eigenvalue weighted by molar-refractivity contribution is 6.31. The molecule has 0 radical (unpaired) electrons. The molecule has 3 aromatic carbocycles. The van der Waals surface area contributed by atoms with Gasteiger partial charge in [0.1, 0.15) is 12.0 Å². The molecule has 0 spiro atoms. The molecule has 0 aliphatic carbocycles. The average Bonchev–Trinajstić information content (AvgIpc) is 2.90. The third-order valence-corrected chi connectivity index (χ3v) is 6.81. The van der Waals surface area contributed by atoms with Crippen LogP contribution in [0, 0.1) is 12.8 Å². The normalized spacial score (nSPS) is 13.0. The Morgan fingerprint density at radius 3 is 2.39 bits per heavy atom. The summed E-state index contributed by atoms with van der Waals surface area (Å²) < 4.78 is 16.5. The van der Waals surface area contributed by atoms with Gasteiger partial charge in [-0.1, -0.05) is 73.5 Å². The summed E-state index contributed by atoms with van der Waals surface area (Å²) >= 11 is 6.25. The van der Waals surface area contributed by atoms with Crippen LogP contribution >= 0.6 is 11.6 Å². The molecule has 1 aromatic heterocycles. The predicted molar refractivity (Wildman–Crippen MR) is 150 cm³/mol. The molecule has 2 N–H and O–H groups in total. The molecule has 1 amide bonds. The summed E-state index contributed by atoms with van der Waals surface area (Å²) in [7, 11) is 0. The summed E-state index contributed by atoms with van der Waals surface area (Å²) in [5.74, 6) is -0.195. The second-order valence-corrected chi connectivity index (χ2v) is 10.3. The van der Waals surface area contributed by atoms with Crippen LogP contribution in [0.3, 0.4) is 0 Å². The molecule has 0 saturated heterocycles. The van der Waals surface area contributed by atoms with Crippen molar-refractivity contribution in [3.05, 3.63) is 111 Å². The van der Waals surface area contributed by atoms with Crippen LogP contribution in [0.25, 0.3) is 10.9 Å². The van der Waals surface area contributed by atoms with Crippen LogP contribution < -0.4 is 11.3 Å². The van der Waals surface area contributed by atoms with Crippen molar-refractivity contribution >= 4 is 28.4 Å². The third kappa shape index (κ3) is 5.95. The minimum absolute atomic E-state index is 0.208. The molecule has 38 heavy (non-hydrogen) atoms.